The third-order valence-corrected chi connectivity index (χ3v) is 10.2. The Morgan fingerprint density at radius 2 is 1.16 bits per heavy atom. The lowest BCUT2D eigenvalue weighted by Crippen LogP contribution is -2.29. The number of hydrogen-bond donors (Lipinski definition) is 3. The molecular weight excluding hydrogens is 759 g/mol. The zero-order valence-electron chi connectivity index (χ0n) is 35.7. The Morgan fingerprint density at radius 3 is 1.76 bits per heavy atom. The molecule has 0 aromatic rings. The van der Waals surface area contributed by atoms with Gasteiger partial charge in [0.05, 0.1) is 32.0 Å². The summed E-state index contributed by atoms with van der Waals surface area (Å²) in [5.41, 5.74) is 0. The van der Waals surface area contributed by atoms with Crippen molar-refractivity contribution in [2.75, 3.05) is 26.4 Å². The molecule has 1 saturated heterocycles. The fourth-order valence-electron chi connectivity index (χ4n) is 5.75. The van der Waals surface area contributed by atoms with E-state index >= 15 is 0 Å². The van der Waals surface area contributed by atoms with Crippen molar-refractivity contribution >= 4 is 19.8 Å². The van der Waals surface area contributed by atoms with Gasteiger partial charge in [-0.05, 0) is 77.0 Å². The molecule has 0 aromatic carbocycles. The lowest BCUT2D eigenvalue weighted by atomic mass is 10.1. The highest BCUT2D eigenvalue weighted by molar-refractivity contribution is 7.47. The molecule has 0 aliphatic carbocycles. The Labute approximate surface area is 350 Å². The summed E-state index contributed by atoms with van der Waals surface area (Å²) < 4.78 is 38.4. The Kier molecular flexibility index (Phi) is 34.4. The zero-order valence-corrected chi connectivity index (χ0v) is 36.6. The topological polar surface area (TPSA) is 161 Å². The van der Waals surface area contributed by atoms with Crippen LogP contribution in [0.15, 0.2) is 72.9 Å². The van der Waals surface area contributed by atoms with Gasteiger partial charge in [-0.2, -0.15) is 0 Å². The molecule has 0 bridgehead atoms. The van der Waals surface area contributed by atoms with E-state index in [-0.39, 0.29) is 19.4 Å². The summed E-state index contributed by atoms with van der Waals surface area (Å²) in [6.45, 7) is 2.19. The van der Waals surface area contributed by atoms with E-state index in [1.54, 1.807) is 0 Å². The molecule has 5 atom stereocenters. The van der Waals surface area contributed by atoms with E-state index in [2.05, 4.69) is 79.1 Å². The van der Waals surface area contributed by atoms with E-state index < -0.39 is 51.8 Å². The normalized spacial score (nSPS) is 18.0. The molecule has 0 spiro atoms. The number of aliphatic hydroxyl groups is 2. The van der Waals surface area contributed by atoms with Crippen LogP contribution in [0, 0.1) is 0 Å². The quantitative estimate of drug-likeness (QED) is 0.0178. The van der Waals surface area contributed by atoms with Gasteiger partial charge in [-0.1, -0.05) is 138 Å². The monoisotopic (exact) mass is 837 g/mol. The molecule has 12 heteroatoms. The van der Waals surface area contributed by atoms with Gasteiger partial charge >= 0.3 is 19.8 Å². The Morgan fingerprint density at radius 1 is 0.621 bits per heavy atom. The highest BCUT2D eigenvalue weighted by Gasteiger charge is 2.36. The van der Waals surface area contributed by atoms with E-state index in [0.717, 1.165) is 70.6 Å². The molecule has 1 aliphatic heterocycles. The molecular formula is C46H77O11P. The van der Waals surface area contributed by atoms with E-state index in [1.807, 2.05) is 12.2 Å². The second-order valence-electron chi connectivity index (χ2n) is 14.7. The van der Waals surface area contributed by atoms with Gasteiger partial charge in [-0.15, -0.1) is 0 Å². The van der Waals surface area contributed by atoms with Crippen molar-refractivity contribution in [2.24, 2.45) is 0 Å². The SMILES string of the molecule is CCCCC/C=C\C/C=C\C/C=C\C/C=C\C/C=C\CCC(=O)OC[C@H](COP(=O)(O)OC[C@@H](O)CO)OC(=O)CCCCCCCC1OC1C/C=C\CCCCC. The van der Waals surface area contributed by atoms with Gasteiger partial charge in [0.1, 0.15) is 12.7 Å². The van der Waals surface area contributed by atoms with Crippen LogP contribution in [-0.4, -0.2) is 77.9 Å². The maximum atomic E-state index is 12.6. The minimum Gasteiger partial charge on any atom is -0.462 e. The van der Waals surface area contributed by atoms with Crippen molar-refractivity contribution in [3.63, 3.8) is 0 Å². The first-order valence-corrected chi connectivity index (χ1v) is 23.5. The maximum absolute atomic E-state index is 12.6. The van der Waals surface area contributed by atoms with Crippen molar-refractivity contribution in [2.45, 2.75) is 180 Å². The van der Waals surface area contributed by atoms with Gasteiger partial charge in [0.2, 0.25) is 0 Å². The van der Waals surface area contributed by atoms with Crippen LogP contribution < -0.4 is 0 Å². The van der Waals surface area contributed by atoms with Crippen LogP contribution in [0.2, 0.25) is 0 Å². The molecule has 1 fully saturated rings. The van der Waals surface area contributed by atoms with Crippen LogP contribution in [0.25, 0.3) is 0 Å². The van der Waals surface area contributed by atoms with Gasteiger partial charge in [-0.25, -0.2) is 4.57 Å². The standard InChI is InChI=1S/C46H77O11P/c1-3-5-7-9-11-12-13-14-15-16-17-18-19-20-21-22-23-27-31-35-45(49)53-39-42(40-55-58(51,52)54-38-41(48)37-47)56-46(50)36-32-28-24-26-30-34-44-43(57-44)33-29-25-10-8-6-4-2/h11-12,14-15,17-18,20-21,23,25,27,29,41-44,47-48H,3-10,13,16,19,22,24,26,28,30-40H2,1-2H3,(H,51,52)/b12-11-,15-14-,18-17-,21-20-,27-23-,29-25-/t41-,42+,43?,44?/m0/s1. The van der Waals surface area contributed by atoms with Gasteiger partial charge < -0.3 is 29.3 Å². The fourth-order valence-corrected chi connectivity index (χ4v) is 6.54. The zero-order chi connectivity index (χ0) is 42.4. The van der Waals surface area contributed by atoms with Gasteiger partial charge in [0.25, 0.3) is 0 Å². The summed E-state index contributed by atoms with van der Waals surface area (Å²) in [4.78, 5) is 35.0. The molecule has 3 N–H and O–H groups in total. The molecule has 1 rings (SSSR count). The van der Waals surface area contributed by atoms with Crippen LogP contribution in [-0.2, 0) is 37.4 Å². The number of carbonyl (C=O) groups excluding carboxylic acids is 2. The van der Waals surface area contributed by atoms with Gasteiger partial charge in [-0.3, -0.25) is 18.6 Å². The van der Waals surface area contributed by atoms with Gasteiger partial charge in [0.15, 0.2) is 6.10 Å². The largest absolute Gasteiger partial charge is 0.472 e. The number of hydrogen-bond acceptors (Lipinski definition) is 10. The fraction of sp³-hybridized carbons (Fsp3) is 0.696. The van der Waals surface area contributed by atoms with Crippen LogP contribution in [0.1, 0.15) is 155 Å². The molecule has 3 unspecified atom stereocenters. The molecule has 1 aliphatic rings. The van der Waals surface area contributed by atoms with Crippen LogP contribution >= 0.6 is 7.82 Å². The van der Waals surface area contributed by atoms with E-state index in [9.17, 15) is 24.2 Å². The number of carbonyl (C=O) groups is 2. The lowest BCUT2D eigenvalue weighted by Gasteiger charge is -2.20. The summed E-state index contributed by atoms with van der Waals surface area (Å²) in [7, 11) is -4.65. The number of epoxide rings is 1. The Balaban J connectivity index is 2.32. The first kappa shape index (κ1) is 53.4. The minimum atomic E-state index is -4.65. The summed E-state index contributed by atoms with van der Waals surface area (Å²) in [6, 6.07) is 0. The second kappa shape index (κ2) is 37.4. The minimum absolute atomic E-state index is 0.108. The van der Waals surface area contributed by atoms with Crippen molar-refractivity contribution in [1.29, 1.82) is 0 Å². The second-order valence-corrected chi connectivity index (χ2v) is 16.2. The summed E-state index contributed by atoms with van der Waals surface area (Å²) in [6.07, 6.45) is 44.7. The van der Waals surface area contributed by atoms with Crippen molar-refractivity contribution < 1.29 is 52.5 Å². The number of esters is 2. The van der Waals surface area contributed by atoms with E-state index in [0.29, 0.717) is 25.0 Å². The summed E-state index contributed by atoms with van der Waals surface area (Å²) in [5.74, 6) is -1.05. The van der Waals surface area contributed by atoms with Crippen LogP contribution in [0.3, 0.4) is 0 Å². The molecule has 58 heavy (non-hydrogen) atoms. The predicted molar refractivity (Wildman–Crippen MR) is 232 cm³/mol. The highest BCUT2D eigenvalue weighted by atomic mass is 31.2. The predicted octanol–water partition coefficient (Wildman–Crippen LogP) is 10.7. The third kappa shape index (κ3) is 34.3. The number of phosphoric ester groups is 1. The molecule has 332 valence electrons. The summed E-state index contributed by atoms with van der Waals surface area (Å²) in [5, 5.41) is 18.3. The number of unbranched alkanes of at least 4 members (excludes halogenated alkanes) is 10. The Bertz CT molecular complexity index is 1260. The smallest absolute Gasteiger partial charge is 0.462 e. The Hall–Kier alpha value is -2.63. The van der Waals surface area contributed by atoms with Crippen LogP contribution in [0.4, 0.5) is 0 Å². The molecule has 0 amide bonds. The number of rotatable bonds is 39. The molecule has 11 nitrogen and oxygen atoms in total. The third-order valence-electron chi connectivity index (χ3n) is 9.27. The molecule has 0 saturated carbocycles. The molecule has 0 radical (unpaired) electrons. The highest BCUT2D eigenvalue weighted by Crippen LogP contribution is 2.43. The average Bonchev–Trinajstić information content (AvgIpc) is 3.97. The number of allylic oxidation sites excluding steroid dienone is 11. The van der Waals surface area contributed by atoms with Gasteiger partial charge in [0, 0.05) is 12.8 Å². The van der Waals surface area contributed by atoms with Crippen molar-refractivity contribution in [3.8, 4) is 0 Å². The number of aliphatic hydroxyl groups excluding tert-OH is 2. The van der Waals surface area contributed by atoms with Crippen molar-refractivity contribution in [3.05, 3.63) is 72.9 Å². The first-order chi connectivity index (χ1) is 28.2. The maximum Gasteiger partial charge on any atom is 0.472 e. The summed E-state index contributed by atoms with van der Waals surface area (Å²) >= 11 is 0. The first-order valence-electron chi connectivity index (χ1n) is 22.0. The van der Waals surface area contributed by atoms with Crippen molar-refractivity contribution in [1.82, 2.24) is 0 Å². The average molecular weight is 837 g/mol. The van der Waals surface area contributed by atoms with E-state index in [1.165, 1.54) is 44.9 Å². The van der Waals surface area contributed by atoms with Crippen LogP contribution in [0.5, 0.6) is 0 Å². The number of ether oxygens (including phenoxy) is 3. The molecule has 1 heterocycles. The van der Waals surface area contributed by atoms with E-state index in [4.69, 9.17) is 23.8 Å². The molecule has 0 aromatic heterocycles. The number of phosphoric acid groups is 1. The lowest BCUT2D eigenvalue weighted by molar-refractivity contribution is -0.161.